The number of nitrogens with one attached hydrogen (secondary N) is 1. The van der Waals surface area contributed by atoms with E-state index in [2.05, 4.69) is 5.32 Å². The normalized spacial score (nSPS) is 10.2. The summed E-state index contributed by atoms with van der Waals surface area (Å²) in [5, 5.41) is 2.73. The fourth-order valence-corrected chi connectivity index (χ4v) is 2.54. The summed E-state index contributed by atoms with van der Waals surface area (Å²) in [7, 11) is 0. The second-order valence-corrected chi connectivity index (χ2v) is 6.55. The van der Waals surface area contributed by atoms with E-state index in [1.807, 2.05) is 6.92 Å². The van der Waals surface area contributed by atoms with Crippen molar-refractivity contribution in [2.45, 2.75) is 33.1 Å². The van der Waals surface area contributed by atoms with Gasteiger partial charge >= 0.3 is 5.97 Å². The Bertz CT molecular complexity index is 887. The van der Waals surface area contributed by atoms with Crippen LogP contribution in [-0.2, 0) is 14.3 Å². The number of hydrogen-bond acceptors (Lipinski definition) is 6. The molecule has 7 nitrogen and oxygen atoms in total. The predicted octanol–water partition coefficient (Wildman–Crippen LogP) is 3.82. The first-order valence-electron chi connectivity index (χ1n) is 9.77. The average Bonchev–Trinajstić information content (AvgIpc) is 2.76. The van der Waals surface area contributed by atoms with Crippen LogP contribution in [0.4, 0.5) is 5.69 Å². The number of amides is 1. The number of ketones is 2. The lowest BCUT2D eigenvalue weighted by Crippen LogP contribution is -2.19. The summed E-state index contributed by atoms with van der Waals surface area (Å²) < 4.78 is 10.3. The molecule has 0 spiro atoms. The van der Waals surface area contributed by atoms with E-state index in [1.54, 1.807) is 55.5 Å². The van der Waals surface area contributed by atoms with Gasteiger partial charge in [0.05, 0.1) is 0 Å². The van der Waals surface area contributed by atoms with Crippen LogP contribution in [0.3, 0.4) is 0 Å². The topological polar surface area (TPSA) is 98.8 Å². The van der Waals surface area contributed by atoms with Crippen LogP contribution in [0.1, 0.15) is 53.8 Å². The molecule has 0 saturated heterocycles. The van der Waals surface area contributed by atoms with Crippen LogP contribution in [0.25, 0.3) is 0 Å². The lowest BCUT2D eigenvalue weighted by atomic mass is 10.1. The highest BCUT2D eigenvalue weighted by molar-refractivity contribution is 5.99. The molecule has 0 aromatic heterocycles. The first-order chi connectivity index (χ1) is 14.4. The zero-order chi connectivity index (χ0) is 21.9. The first kappa shape index (κ1) is 22.8. The van der Waals surface area contributed by atoms with Gasteiger partial charge in [-0.25, -0.2) is 4.79 Å². The molecule has 2 aromatic carbocycles. The molecule has 0 bridgehead atoms. The number of esters is 1. The number of anilines is 1. The molecule has 0 aliphatic rings. The minimum Gasteiger partial charge on any atom is -0.482 e. The van der Waals surface area contributed by atoms with Gasteiger partial charge in [-0.05, 0) is 55.0 Å². The van der Waals surface area contributed by atoms with Gasteiger partial charge in [-0.1, -0.05) is 13.8 Å². The van der Waals surface area contributed by atoms with Crippen LogP contribution in [0.5, 0.6) is 5.75 Å². The Balaban J connectivity index is 1.76. The fourth-order valence-electron chi connectivity index (χ4n) is 2.54. The zero-order valence-corrected chi connectivity index (χ0v) is 17.1. The number of carbonyl (C=O) groups excluding carboxylic acids is 4. The van der Waals surface area contributed by atoms with E-state index < -0.39 is 12.6 Å². The Morgan fingerprint density at radius 2 is 1.40 bits per heavy atom. The van der Waals surface area contributed by atoms with Crippen molar-refractivity contribution < 1.29 is 28.7 Å². The second kappa shape index (κ2) is 11.5. The molecule has 0 fully saturated rings. The minimum absolute atomic E-state index is 0.0239. The van der Waals surface area contributed by atoms with E-state index in [9.17, 15) is 19.2 Å². The molecule has 7 heteroatoms. The largest absolute Gasteiger partial charge is 0.482 e. The van der Waals surface area contributed by atoms with E-state index in [1.165, 1.54) is 0 Å². The van der Waals surface area contributed by atoms with Gasteiger partial charge in [0.2, 0.25) is 5.91 Å². The third-order valence-corrected chi connectivity index (χ3v) is 4.19. The van der Waals surface area contributed by atoms with Crippen molar-refractivity contribution in [1.29, 1.82) is 0 Å². The van der Waals surface area contributed by atoms with Gasteiger partial charge in [0.25, 0.3) is 0 Å². The molecular formula is C23H25NO6. The molecule has 1 N–H and O–H groups in total. The molecular weight excluding hydrogens is 386 g/mol. The summed E-state index contributed by atoms with van der Waals surface area (Å²) >= 11 is 0. The van der Waals surface area contributed by atoms with E-state index >= 15 is 0 Å². The number of Topliss-reactive ketones (excluding diaryl/α,β-unsaturated/α-hetero) is 2. The summed E-state index contributed by atoms with van der Waals surface area (Å²) in [4.78, 5) is 47.1. The molecule has 0 unspecified atom stereocenters. The van der Waals surface area contributed by atoms with Crippen molar-refractivity contribution in [2.75, 3.05) is 18.5 Å². The number of rotatable bonds is 11. The number of ether oxygens (including phenoxy) is 2. The predicted molar refractivity (Wildman–Crippen MR) is 112 cm³/mol. The van der Waals surface area contributed by atoms with Crippen molar-refractivity contribution in [2.24, 2.45) is 0 Å². The van der Waals surface area contributed by atoms with E-state index in [0.29, 0.717) is 35.4 Å². The van der Waals surface area contributed by atoms with Gasteiger partial charge < -0.3 is 14.8 Å². The standard InChI is InChI=1S/C23H25NO6/c1-3-5-22(27)24-18-10-6-17(7-11-18)21(26)14-30-23(28)15-29-19-12-8-16(9-13-19)20(25)4-2/h6-13H,3-5,14-15H2,1-2H3,(H,24,27). The molecule has 0 aliphatic carbocycles. The highest BCUT2D eigenvalue weighted by atomic mass is 16.6. The Morgan fingerprint density at radius 1 is 0.800 bits per heavy atom. The van der Waals surface area contributed by atoms with Gasteiger partial charge in [-0.3, -0.25) is 14.4 Å². The monoisotopic (exact) mass is 411 g/mol. The first-order valence-corrected chi connectivity index (χ1v) is 9.77. The molecule has 2 rings (SSSR count). The average molecular weight is 411 g/mol. The van der Waals surface area contributed by atoms with E-state index in [4.69, 9.17) is 9.47 Å². The van der Waals surface area contributed by atoms with E-state index in [-0.39, 0.29) is 24.1 Å². The van der Waals surface area contributed by atoms with Crippen LogP contribution in [0.15, 0.2) is 48.5 Å². The highest BCUT2D eigenvalue weighted by Gasteiger charge is 2.11. The lowest BCUT2D eigenvalue weighted by Gasteiger charge is -2.08. The van der Waals surface area contributed by atoms with Crippen LogP contribution in [0, 0.1) is 0 Å². The highest BCUT2D eigenvalue weighted by Crippen LogP contribution is 2.14. The minimum atomic E-state index is -0.680. The summed E-state index contributed by atoms with van der Waals surface area (Å²) in [6.45, 7) is 2.94. The summed E-state index contributed by atoms with van der Waals surface area (Å²) in [5.74, 6) is -0.683. The van der Waals surface area contributed by atoms with Crippen LogP contribution in [0.2, 0.25) is 0 Å². The summed E-state index contributed by atoms with van der Waals surface area (Å²) in [6.07, 6.45) is 1.60. The summed E-state index contributed by atoms with van der Waals surface area (Å²) in [6, 6.07) is 12.8. The molecule has 0 atom stereocenters. The third kappa shape index (κ3) is 7.16. The third-order valence-electron chi connectivity index (χ3n) is 4.19. The molecule has 158 valence electrons. The lowest BCUT2D eigenvalue weighted by molar-refractivity contribution is -0.144. The van der Waals surface area contributed by atoms with Crippen LogP contribution >= 0.6 is 0 Å². The van der Waals surface area contributed by atoms with E-state index in [0.717, 1.165) is 6.42 Å². The maximum atomic E-state index is 12.2. The zero-order valence-electron chi connectivity index (χ0n) is 17.1. The van der Waals surface area contributed by atoms with Gasteiger partial charge in [0, 0.05) is 29.7 Å². The van der Waals surface area contributed by atoms with Crippen molar-refractivity contribution in [3.63, 3.8) is 0 Å². The maximum Gasteiger partial charge on any atom is 0.344 e. The van der Waals surface area contributed by atoms with Crippen molar-refractivity contribution in [3.8, 4) is 5.75 Å². The van der Waals surface area contributed by atoms with Gasteiger partial charge in [0.1, 0.15) is 5.75 Å². The molecule has 0 saturated carbocycles. The van der Waals surface area contributed by atoms with Crippen LogP contribution < -0.4 is 10.1 Å². The Morgan fingerprint density at radius 3 is 2.00 bits per heavy atom. The molecule has 30 heavy (non-hydrogen) atoms. The Labute approximate surface area is 175 Å². The maximum absolute atomic E-state index is 12.2. The van der Waals surface area contributed by atoms with Crippen molar-refractivity contribution in [3.05, 3.63) is 59.7 Å². The molecule has 2 aromatic rings. The molecule has 0 aliphatic heterocycles. The fraction of sp³-hybridized carbons (Fsp3) is 0.304. The molecule has 1 amide bonds. The number of hydrogen-bond donors (Lipinski definition) is 1. The second-order valence-electron chi connectivity index (χ2n) is 6.55. The summed E-state index contributed by atoms with van der Waals surface area (Å²) in [5.41, 5.74) is 1.55. The van der Waals surface area contributed by atoms with Gasteiger partial charge in [-0.15, -0.1) is 0 Å². The quantitative estimate of drug-likeness (QED) is 0.446. The van der Waals surface area contributed by atoms with Gasteiger partial charge in [-0.2, -0.15) is 0 Å². The van der Waals surface area contributed by atoms with Crippen LogP contribution in [-0.4, -0.2) is 36.7 Å². The molecule has 0 heterocycles. The Hall–Kier alpha value is -3.48. The van der Waals surface area contributed by atoms with Crippen molar-refractivity contribution in [1.82, 2.24) is 0 Å². The van der Waals surface area contributed by atoms with Gasteiger partial charge in [0.15, 0.2) is 24.8 Å². The SMILES string of the molecule is CCCC(=O)Nc1ccc(C(=O)COC(=O)COc2ccc(C(=O)CC)cc2)cc1. The smallest absolute Gasteiger partial charge is 0.344 e. The molecule has 0 radical (unpaired) electrons. The Kier molecular flexibility index (Phi) is 8.75. The van der Waals surface area contributed by atoms with Crippen molar-refractivity contribution >= 4 is 29.1 Å². The number of benzene rings is 2. The number of carbonyl (C=O) groups is 4.